The molecule has 4 amide bonds. The number of nitrogens with two attached hydrogens (primary N) is 3. The van der Waals surface area contributed by atoms with E-state index in [1.807, 2.05) is 10.6 Å². The second-order valence-electron chi connectivity index (χ2n) is 6.86. The molecule has 182 valence electrons. The van der Waals surface area contributed by atoms with Crippen LogP contribution in [-0.4, -0.2) is 88.2 Å². The summed E-state index contributed by atoms with van der Waals surface area (Å²) in [4.78, 5) is 69.9. The molecule has 0 aliphatic carbocycles. The van der Waals surface area contributed by atoms with Crippen LogP contribution in [0.25, 0.3) is 0 Å². The maximum absolute atomic E-state index is 12.5. The third kappa shape index (κ3) is 11.2. The zero-order valence-electron chi connectivity index (χ0n) is 17.3. The number of amides is 4. The predicted molar refractivity (Wildman–Crippen MR) is 107 cm³/mol. The van der Waals surface area contributed by atoms with Crippen molar-refractivity contribution in [3.63, 3.8) is 0 Å². The fraction of sp³-hybridized carbons (Fsp3) is 0.647. The fourth-order valence-corrected chi connectivity index (χ4v) is 2.44. The summed E-state index contributed by atoms with van der Waals surface area (Å²) in [5.41, 5.74) is 16.2. The summed E-state index contributed by atoms with van der Waals surface area (Å²) >= 11 is 0. The van der Waals surface area contributed by atoms with Crippen LogP contribution in [0, 0.1) is 0 Å². The first kappa shape index (κ1) is 28.7. The Labute approximate surface area is 183 Å². The van der Waals surface area contributed by atoms with Crippen molar-refractivity contribution in [1.29, 1.82) is 0 Å². The van der Waals surface area contributed by atoms with Gasteiger partial charge < -0.3 is 48.5 Å². The van der Waals surface area contributed by atoms with Gasteiger partial charge >= 0.3 is 11.9 Å². The summed E-state index contributed by atoms with van der Waals surface area (Å²) in [5, 5.41) is 33.2. The highest BCUT2D eigenvalue weighted by Crippen LogP contribution is 2.01. The number of rotatable bonds is 16. The van der Waals surface area contributed by atoms with E-state index < -0.39 is 79.2 Å². The molecule has 0 heterocycles. The van der Waals surface area contributed by atoms with Gasteiger partial charge in [0.1, 0.15) is 18.1 Å². The number of carbonyl (C=O) groups excluding carboxylic acids is 4. The minimum atomic E-state index is -1.82. The van der Waals surface area contributed by atoms with Crippen LogP contribution < -0.4 is 33.2 Å². The van der Waals surface area contributed by atoms with E-state index in [1.54, 1.807) is 0 Å². The lowest BCUT2D eigenvalue weighted by molar-refractivity contribution is -0.147. The molecule has 0 saturated heterocycles. The quantitative estimate of drug-likeness (QED) is 0.0982. The second-order valence-corrected chi connectivity index (χ2v) is 6.86. The Morgan fingerprint density at radius 2 is 1.31 bits per heavy atom. The Hall–Kier alpha value is -3.30. The first-order valence-electron chi connectivity index (χ1n) is 9.63. The molecule has 0 spiro atoms. The van der Waals surface area contributed by atoms with Crippen molar-refractivity contribution in [2.45, 2.75) is 56.3 Å². The minimum absolute atomic E-state index is 0.260. The van der Waals surface area contributed by atoms with E-state index in [9.17, 15) is 33.9 Å². The number of primary amides is 1. The summed E-state index contributed by atoms with van der Waals surface area (Å²) in [6, 6.07) is -6.06. The van der Waals surface area contributed by atoms with Crippen molar-refractivity contribution >= 4 is 35.6 Å². The molecule has 4 unspecified atom stereocenters. The molecule has 0 aromatic rings. The molecule has 0 aliphatic rings. The van der Waals surface area contributed by atoms with Gasteiger partial charge in [0.05, 0.1) is 25.5 Å². The molecule has 32 heavy (non-hydrogen) atoms. The lowest BCUT2D eigenvalue weighted by Crippen LogP contribution is -2.58. The number of carboxylic acid groups (broad SMARTS) is 2. The zero-order valence-corrected chi connectivity index (χ0v) is 17.3. The Morgan fingerprint density at radius 1 is 0.781 bits per heavy atom. The van der Waals surface area contributed by atoms with Crippen molar-refractivity contribution in [3.8, 4) is 0 Å². The van der Waals surface area contributed by atoms with Crippen LogP contribution in [0.15, 0.2) is 0 Å². The van der Waals surface area contributed by atoms with Gasteiger partial charge in [-0.2, -0.15) is 0 Å². The molecule has 0 radical (unpaired) electrons. The van der Waals surface area contributed by atoms with Gasteiger partial charge in [0.25, 0.3) is 0 Å². The molecule has 0 bridgehead atoms. The van der Waals surface area contributed by atoms with Crippen LogP contribution in [0.1, 0.15) is 32.1 Å². The van der Waals surface area contributed by atoms with Crippen LogP contribution in [0.5, 0.6) is 0 Å². The van der Waals surface area contributed by atoms with E-state index in [1.165, 1.54) is 0 Å². The molecular weight excluding hydrogens is 432 g/mol. The number of carboxylic acids is 2. The normalized spacial score (nSPS) is 14.3. The topological polar surface area (TPSA) is 277 Å². The Morgan fingerprint density at radius 3 is 1.78 bits per heavy atom. The van der Waals surface area contributed by atoms with Gasteiger partial charge in [0.2, 0.25) is 23.6 Å². The molecule has 0 aliphatic heterocycles. The number of aliphatic hydroxyl groups excluding tert-OH is 1. The Bertz CT molecular complexity index is 702. The van der Waals surface area contributed by atoms with Crippen LogP contribution in [0.2, 0.25) is 0 Å². The summed E-state index contributed by atoms with van der Waals surface area (Å²) < 4.78 is 0. The lowest BCUT2D eigenvalue weighted by Gasteiger charge is -2.23. The van der Waals surface area contributed by atoms with Crippen molar-refractivity contribution in [3.05, 3.63) is 0 Å². The smallest absolute Gasteiger partial charge is 0.326 e. The van der Waals surface area contributed by atoms with Gasteiger partial charge in [0.15, 0.2) is 0 Å². The number of hydrogen-bond donors (Lipinski definition) is 9. The van der Waals surface area contributed by atoms with Gasteiger partial charge in [0, 0.05) is 0 Å². The number of aliphatic carboxylic acids is 2. The molecule has 4 atom stereocenters. The Balaban J connectivity index is 5.20. The van der Waals surface area contributed by atoms with Gasteiger partial charge in [-0.3, -0.25) is 24.0 Å². The number of unbranched alkanes of at least 4 members (excludes halogenated alkanes) is 1. The van der Waals surface area contributed by atoms with Gasteiger partial charge in [-0.25, -0.2) is 4.79 Å². The predicted octanol–water partition coefficient (Wildman–Crippen LogP) is -4.68. The molecule has 15 heteroatoms. The maximum atomic E-state index is 12.5. The summed E-state index contributed by atoms with van der Waals surface area (Å²) in [6.07, 6.45) is -0.167. The van der Waals surface area contributed by atoms with Crippen LogP contribution in [0.4, 0.5) is 0 Å². The molecule has 0 fully saturated rings. The summed E-state index contributed by atoms with van der Waals surface area (Å²) in [5.74, 6) is -7.15. The van der Waals surface area contributed by atoms with E-state index in [4.69, 9.17) is 27.4 Å². The van der Waals surface area contributed by atoms with Crippen molar-refractivity contribution in [1.82, 2.24) is 16.0 Å². The third-order valence-corrected chi connectivity index (χ3v) is 4.15. The third-order valence-electron chi connectivity index (χ3n) is 4.15. The van der Waals surface area contributed by atoms with E-state index in [0.717, 1.165) is 0 Å². The average Bonchev–Trinajstić information content (AvgIpc) is 2.69. The molecule has 0 aromatic heterocycles. The molecular formula is C17H30N6O9. The average molecular weight is 462 g/mol. The van der Waals surface area contributed by atoms with Crippen LogP contribution in [0.3, 0.4) is 0 Å². The summed E-state index contributed by atoms with van der Waals surface area (Å²) in [6.45, 7) is -0.590. The number of hydrogen-bond acceptors (Lipinski definition) is 9. The van der Waals surface area contributed by atoms with Crippen LogP contribution in [-0.2, 0) is 28.8 Å². The standard InChI is InChI=1S/C17H30N6O9/c18-4-2-1-3-8(19)14(28)21-9(5-12(20)25)15(29)23-11(7-24)16(30)22-10(17(31)32)6-13(26)27/h8-11,24H,1-7,18-19H2,(H2,20,25)(H,21,28)(H,22,30)(H,23,29)(H,26,27)(H,31,32). The van der Waals surface area contributed by atoms with Gasteiger partial charge in [-0.1, -0.05) is 6.42 Å². The van der Waals surface area contributed by atoms with Crippen molar-refractivity contribution < 1.29 is 44.1 Å². The Kier molecular flexibility index (Phi) is 13.1. The highest BCUT2D eigenvalue weighted by molar-refractivity contribution is 5.96. The number of nitrogens with one attached hydrogen (secondary N) is 3. The zero-order chi connectivity index (χ0) is 24.8. The fourth-order valence-electron chi connectivity index (χ4n) is 2.44. The molecule has 0 saturated carbocycles. The maximum Gasteiger partial charge on any atom is 0.326 e. The van der Waals surface area contributed by atoms with Crippen molar-refractivity contribution in [2.75, 3.05) is 13.2 Å². The van der Waals surface area contributed by atoms with E-state index >= 15 is 0 Å². The number of aliphatic hydroxyl groups is 1. The molecule has 0 aromatic carbocycles. The van der Waals surface area contributed by atoms with E-state index in [0.29, 0.717) is 19.4 Å². The second kappa shape index (κ2) is 14.7. The minimum Gasteiger partial charge on any atom is -0.481 e. The largest absolute Gasteiger partial charge is 0.481 e. The highest BCUT2D eigenvalue weighted by Gasteiger charge is 2.31. The SMILES string of the molecule is NCCCCC(N)C(=O)NC(CC(N)=O)C(=O)NC(CO)C(=O)NC(CC(=O)O)C(=O)O. The first-order valence-corrected chi connectivity index (χ1v) is 9.63. The van der Waals surface area contributed by atoms with Gasteiger partial charge in [-0.15, -0.1) is 0 Å². The molecule has 0 rings (SSSR count). The molecule has 15 nitrogen and oxygen atoms in total. The monoisotopic (exact) mass is 462 g/mol. The lowest BCUT2D eigenvalue weighted by atomic mass is 10.1. The first-order chi connectivity index (χ1) is 14.9. The van der Waals surface area contributed by atoms with Gasteiger partial charge in [-0.05, 0) is 19.4 Å². The van der Waals surface area contributed by atoms with Crippen molar-refractivity contribution in [2.24, 2.45) is 17.2 Å². The summed E-state index contributed by atoms with van der Waals surface area (Å²) in [7, 11) is 0. The highest BCUT2D eigenvalue weighted by atomic mass is 16.4. The molecule has 12 N–H and O–H groups in total. The van der Waals surface area contributed by atoms with Crippen LogP contribution >= 0.6 is 0 Å². The van der Waals surface area contributed by atoms with E-state index in [2.05, 4.69) is 5.32 Å². The number of carbonyl (C=O) groups is 6. The van der Waals surface area contributed by atoms with E-state index in [-0.39, 0.29) is 6.42 Å².